The van der Waals surface area contributed by atoms with E-state index in [4.69, 9.17) is 89.1 Å². The molecule has 0 radical (unpaired) electrons. The highest BCUT2D eigenvalue weighted by molar-refractivity contribution is 7.71. The molecule has 0 aliphatic carbocycles. The molecule has 54 heteroatoms. The molecular formula is C78H107ClF12N12O27S2. The Kier molecular flexibility index (Phi) is 40.7. The fourth-order valence-corrected chi connectivity index (χ4v) is 13.9. The zero-order valence-electron chi connectivity index (χ0n) is 72.6. The summed E-state index contributed by atoms with van der Waals surface area (Å²) in [5, 5.41) is 61.1. The molecular weight excluding hydrogens is 1860 g/mol. The van der Waals surface area contributed by atoms with E-state index in [2.05, 4.69) is 30.0 Å². The Labute approximate surface area is 758 Å². The number of halogens is 13. The third kappa shape index (κ3) is 30.7. The quantitative estimate of drug-likeness (QED) is 0.00940. The number of hydrogen-bond acceptors (Lipinski definition) is 31. The van der Waals surface area contributed by atoms with Crippen LogP contribution in [0.3, 0.4) is 0 Å². The molecule has 0 saturated carbocycles. The second-order valence-electron chi connectivity index (χ2n) is 32.1. The van der Waals surface area contributed by atoms with Crippen molar-refractivity contribution in [2.24, 2.45) is 5.73 Å². The van der Waals surface area contributed by atoms with Crippen LogP contribution in [-0.4, -0.2) is 270 Å². The van der Waals surface area contributed by atoms with Crippen LogP contribution in [0.5, 0.6) is 0 Å². The van der Waals surface area contributed by atoms with Gasteiger partial charge in [-0.05, 0) is 121 Å². The number of alkyl halides is 13. The average molecular weight is 1970 g/mol. The van der Waals surface area contributed by atoms with Crippen molar-refractivity contribution in [1.82, 2.24) is 53.3 Å². The first kappa shape index (κ1) is 114. The fraction of sp³-hybridized carbons (Fsp3) is 0.641. The largest absolute Gasteiger partial charge is 0.491 e. The molecule has 7 saturated heterocycles. The van der Waals surface area contributed by atoms with Crippen LogP contribution >= 0.6 is 36.0 Å². The second-order valence-corrected chi connectivity index (χ2v) is 33.2. The summed E-state index contributed by atoms with van der Waals surface area (Å²) >= 11 is 16.0. The number of nitrogens with two attached hydrogens (primary N) is 1. The van der Waals surface area contributed by atoms with Gasteiger partial charge in [0.2, 0.25) is 0 Å². The van der Waals surface area contributed by atoms with Crippen molar-refractivity contribution in [3.63, 3.8) is 0 Å². The minimum absolute atomic E-state index is 0. The lowest BCUT2D eigenvalue weighted by molar-refractivity contribution is -0.221. The molecule has 7 aliphatic heterocycles. The fourth-order valence-electron chi connectivity index (χ4n) is 13.2. The number of ether oxygens (including phenoxy) is 11. The topological polar surface area (TPSA) is 521 Å². The standard InChI is InChI=1S/C20H26F3N3O6S.C18H27N3O6.C17H22F3N3O6S.C13H17ClN2O6.C5H11N.C4F6O3.CH4/c1-10(2)5-6-25(17(29)20(21,22)23)7-11-8-26(18(33)24-15(11)28)16-14-13(12(9-27)30-16)31-19(3,4)32-14;1-10(2)5-6-19-7-11-8-21(17(24)20-15(11)23)16-14-13(12(9-22)25-16)26-18(3,4)27-14;1-8(2)3-4-22(15(28)17(18,19)20)5-9-6-23(16(30)21-13(9)27)14-12(26)11(25)10(7-24)29-14;1-13(2)21-8-7(5-17)20-11(9(8)22-13)16-4-6(3-14)10(18)15-12(16)19;1-5(2)3-4-6;5-3(6,7)1(11)13-2(12)4(8,9)10;/h5,8,12-14,16,27H,6-7,9H2,1-4H3,(H,24,28,33);5,8,12-14,16,19,22H,6-7,9H2,1-4H3,(H,20,23,24);3,6,10-12,14,24-26H,4-5,7H2,1-2H3,(H,21,27,30);4,7-9,11,17H,3,5H2,1-2H3,(H,15,18,19);3H,4,6H2,1-2H3;;1H4/t2*12-,13?,14+,16-;10-,11?,12+,14-;7-,8?,9+,11-;;;/m1111.../s1. The molecule has 2 amide bonds. The Morgan fingerprint density at radius 3 is 1.07 bits per heavy atom. The summed E-state index contributed by atoms with van der Waals surface area (Å²) in [6.07, 6.45) is -22.8. The van der Waals surface area contributed by atoms with Crippen LogP contribution in [0.2, 0.25) is 0 Å². The van der Waals surface area contributed by atoms with Crippen LogP contribution in [0.1, 0.15) is 152 Å². The number of nitrogens with zero attached hydrogens (tertiary/aromatic N) is 6. The van der Waals surface area contributed by atoms with E-state index < -0.39 is 217 Å². The predicted octanol–water partition coefficient (Wildman–Crippen LogP) is 4.96. The summed E-state index contributed by atoms with van der Waals surface area (Å²) in [4.78, 5) is 126. The van der Waals surface area contributed by atoms with Crippen LogP contribution in [0, 0.1) is 9.54 Å². The number of rotatable bonds is 22. The highest BCUT2D eigenvalue weighted by atomic mass is 35.5. The number of esters is 2. The first-order chi connectivity index (χ1) is 60.5. The lowest BCUT2D eigenvalue weighted by Crippen LogP contribution is -2.42. The van der Waals surface area contributed by atoms with E-state index in [0.29, 0.717) is 46.1 Å². The summed E-state index contributed by atoms with van der Waals surface area (Å²) in [5.74, 6) is -13.3. The predicted molar refractivity (Wildman–Crippen MR) is 443 cm³/mol. The normalized spacial score (nSPS) is 25.0. The molecule has 0 spiro atoms. The lowest BCUT2D eigenvalue weighted by atomic mass is 10.1. The third-order valence-electron chi connectivity index (χ3n) is 19.2. The van der Waals surface area contributed by atoms with E-state index in [1.165, 1.54) is 55.6 Å². The van der Waals surface area contributed by atoms with Gasteiger partial charge < -0.3 is 104 Å². The number of carbonyl (C=O) groups excluding carboxylic acids is 4. The van der Waals surface area contributed by atoms with E-state index in [9.17, 15) is 131 Å². The molecule has 0 aromatic carbocycles. The van der Waals surface area contributed by atoms with Crippen LogP contribution in [-0.2, 0) is 96.8 Å². The van der Waals surface area contributed by atoms with E-state index >= 15 is 0 Å². The van der Waals surface area contributed by atoms with Crippen LogP contribution in [0.4, 0.5) is 52.7 Å². The molecule has 132 heavy (non-hydrogen) atoms. The minimum Gasteiger partial charge on any atom is -0.394 e. The Morgan fingerprint density at radius 2 is 0.765 bits per heavy atom. The van der Waals surface area contributed by atoms with Crippen molar-refractivity contribution in [1.29, 1.82) is 0 Å². The molecule has 4 aromatic heterocycles. The van der Waals surface area contributed by atoms with E-state index in [-0.39, 0.29) is 72.4 Å². The number of hydrogen-bond donors (Lipinski definition) is 12. The maximum Gasteiger partial charge on any atom is 0.491 e. The van der Waals surface area contributed by atoms with Crippen LogP contribution in [0.15, 0.2) is 100 Å². The molecule has 11 rings (SSSR count). The van der Waals surface area contributed by atoms with Crippen LogP contribution in [0.25, 0.3) is 0 Å². The van der Waals surface area contributed by atoms with Crippen molar-refractivity contribution in [3.05, 3.63) is 166 Å². The van der Waals surface area contributed by atoms with E-state index in [0.717, 1.165) is 10.8 Å². The molecule has 7 fully saturated rings. The van der Waals surface area contributed by atoms with E-state index in [1.807, 2.05) is 39.8 Å². The van der Waals surface area contributed by atoms with Gasteiger partial charge in [0.15, 0.2) is 51.8 Å². The van der Waals surface area contributed by atoms with Crippen molar-refractivity contribution in [2.45, 2.75) is 270 Å². The second kappa shape index (κ2) is 47.2. The van der Waals surface area contributed by atoms with Crippen molar-refractivity contribution < 1.29 is 155 Å². The van der Waals surface area contributed by atoms with Gasteiger partial charge in [0.05, 0.1) is 56.5 Å². The van der Waals surface area contributed by atoms with Gasteiger partial charge in [0, 0.05) is 68.6 Å². The highest BCUT2D eigenvalue weighted by Gasteiger charge is 2.60. The Hall–Kier alpha value is -8.67. The van der Waals surface area contributed by atoms with Crippen LogP contribution < -0.4 is 44.7 Å². The summed E-state index contributed by atoms with van der Waals surface area (Å²) in [6, 6.07) is 0. The number of aliphatic hydroxyl groups is 6. The van der Waals surface area contributed by atoms with Crippen molar-refractivity contribution in [3.8, 4) is 0 Å². The molecule has 4 unspecified atom stereocenters. The average Bonchev–Trinajstić information content (AvgIpc) is 1.60. The van der Waals surface area contributed by atoms with Crippen molar-refractivity contribution >= 4 is 59.8 Å². The van der Waals surface area contributed by atoms with Gasteiger partial charge in [-0.25, -0.2) is 19.2 Å². The maximum atomic E-state index is 13.1. The number of nitrogens with one attached hydrogen (secondary N) is 5. The van der Waals surface area contributed by atoms with Gasteiger partial charge in [-0.15, -0.1) is 11.6 Å². The first-order valence-electron chi connectivity index (χ1n) is 39.5. The lowest BCUT2D eigenvalue weighted by Gasteiger charge is -2.26. The molecule has 11 heterocycles. The van der Waals surface area contributed by atoms with Crippen molar-refractivity contribution in [2.75, 3.05) is 52.6 Å². The number of aliphatic hydroxyl groups excluding tert-OH is 6. The highest BCUT2D eigenvalue weighted by Crippen LogP contribution is 2.46. The molecule has 7 aliphatic rings. The summed E-state index contributed by atoms with van der Waals surface area (Å²) in [7, 11) is 0. The Morgan fingerprint density at radius 1 is 0.462 bits per heavy atom. The van der Waals surface area contributed by atoms with Gasteiger partial charge in [-0.1, -0.05) is 54.0 Å². The maximum absolute atomic E-state index is 13.1. The Bertz CT molecular complexity index is 5260. The summed E-state index contributed by atoms with van der Waals surface area (Å²) in [5.41, 5.74) is 5.51. The molecule has 4 aromatic rings. The smallest absolute Gasteiger partial charge is 0.394 e. The van der Waals surface area contributed by atoms with Gasteiger partial charge in [0.1, 0.15) is 73.2 Å². The zero-order chi connectivity index (χ0) is 99.2. The summed E-state index contributed by atoms with van der Waals surface area (Å²) in [6.45, 7) is 23.2. The molecule has 744 valence electrons. The van der Waals surface area contributed by atoms with Gasteiger partial charge in [-0.2, -0.15) is 52.7 Å². The molecule has 0 bridgehead atoms. The number of aromatic nitrogens is 8. The van der Waals surface area contributed by atoms with Gasteiger partial charge >= 0.3 is 59.8 Å². The number of allylic oxidation sites excluding steroid dienone is 4. The monoisotopic (exact) mass is 1970 g/mol. The number of aromatic amines is 4. The number of H-pyrrole nitrogens is 4. The number of amides is 2. The van der Waals surface area contributed by atoms with Gasteiger partial charge in [-0.3, -0.25) is 67.0 Å². The first-order valence-corrected chi connectivity index (χ1v) is 40.8. The molecule has 13 N–H and O–H groups in total. The van der Waals surface area contributed by atoms with E-state index in [1.54, 1.807) is 69.2 Å². The number of carbonyl (C=O) groups is 4. The zero-order valence-corrected chi connectivity index (χ0v) is 75.0. The van der Waals surface area contributed by atoms with Gasteiger partial charge in [0.25, 0.3) is 22.2 Å². The third-order valence-corrected chi connectivity index (χ3v) is 20.1. The molecule has 16 atom stereocenters. The SMILES string of the molecule is C.CC(C)=CCN.CC(C)=CCN(Cc1cn([C@@H]2O[C@H](CO)C(O)[C@@H]2O)c(=S)[nH]c1=O)C(=O)C(F)(F)F.CC(C)=CCN(Cc1cn([C@@H]2O[C@H](CO)C3OC(C)(C)O[C@@H]32)c(=S)[nH]c1=O)C(=O)C(F)(F)F.CC(C)=CCNCc1cn([C@@H]2O[C@H](CO)C3OC(C)(C)O[C@@H]32)c(=O)[nH]c1=O.CC1(C)OC2[C@@H](CO)O[C@@H](n3cc(CCl)c(=O)[nH]c3=O)[C@H]2O1.O=C(OC(=O)C(F)(F)F)C(F)(F)F. The Balaban J connectivity index is 0.000000293. The summed E-state index contributed by atoms with van der Waals surface area (Å²) < 4.78 is 210. The number of fused-ring (bicyclic) bond motifs is 3. The minimum atomic E-state index is -5.62. The molecule has 39 nitrogen and oxygen atoms in total.